The minimum Gasteiger partial charge on any atom is -0.373 e. The van der Waals surface area contributed by atoms with E-state index in [1.165, 1.54) is 5.57 Å². The van der Waals surface area contributed by atoms with Crippen molar-refractivity contribution in [1.29, 1.82) is 0 Å². The Morgan fingerprint density at radius 3 is 2.81 bits per heavy atom. The molecule has 84 valence electrons. The Kier molecular flexibility index (Phi) is 2.58. The van der Waals surface area contributed by atoms with Crippen LogP contribution in [0.25, 0.3) is 0 Å². The minimum atomic E-state index is -0.0970. The molecule has 1 aliphatic rings. The first-order valence-corrected chi connectivity index (χ1v) is 5.59. The number of hydrogen-bond acceptors (Lipinski definition) is 2. The Balaban J connectivity index is 2.39. The van der Waals surface area contributed by atoms with Gasteiger partial charge in [0.1, 0.15) is 0 Å². The van der Waals surface area contributed by atoms with E-state index in [2.05, 4.69) is 43.7 Å². The van der Waals surface area contributed by atoms with E-state index in [9.17, 15) is 0 Å². The lowest BCUT2D eigenvalue weighted by atomic mass is 9.87. The molecule has 0 radical (unpaired) electrons. The minimum absolute atomic E-state index is 0.0970. The van der Waals surface area contributed by atoms with Crippen molar-refractivity contribution in [3.8, 4) is 0 Å². The molecule has 0 aliphatic carbocycles. The zero-order chi connectivity index (χ0) is 11.8. The third kappa shape index (κ3) is 1.87. The topological polar surface area (TPSA) is 24.4 Å². The van der Waals surface area contributed by atoms with Crippen molar-refractivity contribution in [2.45, 2.75) is 32.7 Å². The molecule has 0 saturated heterocycles. The maximum Gasteiger partial charge on any atom is 0.0861 e. The predicted molar refractivity (Wildman–Crippen MR) is 70.7 cm³/mol. The molecule has 2 nitrogen and oxygen atoms in total. The molecule has 2 rings (SSSR count). The number of hydrogen-bond donors (Lipinski definition) is 1. The van der Waals surface area contributed by atoms with Crippen molar-refractivity contribution in [2.24, 2.45) is 4.99 Å². The third-order valence-electron chi connectivity index (χ3n) is 3.06. The summed E-state index contributed by atoms with van der Waals surface area (Å²) in [5, 5.41) is 3.56. The molecule has 0 spiro atoms. The van der Waals surface area contributed by atoms with Crippen molar-refractivity contribution in [3.63, 3.8) is 0 Å². The average molecular weight is 214 g/mol. The van der Waals surface area contributed by atoms with Crippen molar-refractivity contribution in [2.75, 3.05) is 5.32 Å². The first-order chi connectivity index (χ1) is 7.51. The molecular formula is C14H18N2. The molecule has 16 heavy (non-hydrogen) atoms. The molecule has 0 bridgehead atoms. The summed E-state index contributed by atoms with van der Waals surface area (Å²) in [7, 11) is 0. The van der Waals surface area contributed by atoms with Crippen LogP contribution in [0.15, 0.2) is 41.4 Å². The van der Waals surface area contributed by atoms with Gasteiger partial charge >= 0.3 is 0 Å². The van der Waals surface area contributed by atoms with Crippen molar-refractivity contribution < 1.29 is 0 Å². The summed E-state index contributed by atoms with van der Waals surface area (Å²) in [5.41, 5.74) is 4.33. The van der Waals surface area contributed by atoms with Crippen molar-refractivity contribution in [1.82, 2.24) is 0 Å². The van der Waals surface area contributed by atoms with E-state index < -0.39 is 0 Å². The Bertz CT molecular complexity index is 460. The zero-order valence-electron chi connectivity index (χ0n) is 10.2. The van der Waals surface area contributed by atoms with E-state index in [1.54, 1.807) is 0 Å². The number of nitrogens with one attached hydrogen (secondary N) is 1. The molecule has 2 heteroatoms. The quantitative estimate of drug-likeness (QED) is 0.741. The number of para-hydroxylation sites is 2. The monoisotopic (exact) mass is 214 g/mol. The van der Waals surface area contributed by atoms with Crippen LogP contribution >= 0.6 is 0 Å². The number of benzene rings is 1. The molecule has 1 aromatic rings. The predicted octanol–water partition coefficient (Wildman–Crippen LogP) is 3.93. The van der Waals surface area contributed by atoms with E-state index >= 15 is 0 Å². The summed E-state index contributed by atoms with van der Waals surface area (Å²) in [6.07, 6.45) is 0.913. The molecule has 1 aliphatic heterocycles. The van der Waals surface area contributed by atoms with Crippen LogP contribution in [0.4, 0.5) is 11.4 Å². The van der Waals surface area contributed by atoms with Gasteiger partial charge in [-0.3, -0.25) is 4.99 Å². The van der Waals surface area contributed by atoms with Crippen LogP contribution in [-0.2, 0) is 0 Å². The van der Waals surface area contributed by atoms with Crippen LogP contribution in [0.1, 0.15) is 27.2 Å². The fraction of sp³-hybridized carbons (Fsp3) is 0.357. The first-order valence-electron chi connectivity index (χ1n) is 5.59. The smallest absolute Gasteiger partial charge is 0.0861 e. The summed E-state index contributed by atoms with van der Waals surface area (Å²) in [5.74, 6) is 0. The molecule has 1 aromatic carbocycles. The van der Waals surface area contributed by atoms with E-state index in [-0.39, 0.29) is 5.54 Å². The van der Waals surface area contributed by atoms with Gasteiger partial charge in [-0.25, -0.2) is 0 Å². The van der Waals surface area contributed by atoms with Gasteiger partial charge in [0, 0.05) is 5.71 Å². The summed E-state index contributed by atoms with van der Waals surface area (Å²) in [4.78, 5) is 4.67. The molecule has 0 saturated carbocycles. The fourth-order valence-corrected chi connectivity index (χ4v) is 2.14. The van der Waals surface area contributed by atoms with Crippen molar-refractivity contribution in [3.05, 3.63) is 36.4 Å². The molecule has 1 heterocycles. The molecule has 0 aromatic heterocycles. The molecular weight excluding hydrogens is 196 g/mol. The van der Waals surface area contributed by atoms with E-state index in [4.69, 9.17) is 0 Å². The van der Waals surface area contributed by atoms with Gasteiger partial charge in [0.25, 0.3) is 0 Å². The number of nitrogens with zero attached hydrogens (tertiary/aromatic N) is 1. The van der Waals surface area contributed by atoms with Gasteiger partial charge < -0.3 is 5.32 Å². The Morgan fingerprint density at radius 1 is 1.44 bits per heavy atom. The summed E-state index contributed by atoms with van der Waals surface area (Å²) in [6, 6.07) is 8.15. The van der Waals surface area contributed by atoms with Crippen molar-refractivity contribution >= 4 is 17.1 Å². The van der Waals surface area contributed by atoms with Crippen LogP contribution in [0.2, 0.25) is 0 Å². The van der Waals surface area contributed by atoms with Gasteiger partial charge in [-0.15, -0.1) is 6.58 Å². The van der Waals surface area contributed by atoms with Gasteiger partial charge in [0.15, 0.2) is 0 Å². The normalized spacial score (nSPS) is 23.1. The summed E-state index contributed by atoms with van der Waals surface area (Å²) in [6.45, 7) is 10.3. The van der Waals surface area contributed by atoms with Gasteiger partial charge in [0.2, 0.25) is 0 Å². The van der Waals surface area contributed by atoms with Gasteiger partial charge in [-0.05, 0) is 39.3 Å². The number of fused-ring (bicyclic) bond motifs is 1. The summed E-state index contributed by atoms with van der Waals surface area (Å²) >= 11 is 0. The molecule has 1 N–H and O–H groups in total. The van der Waals surface area contributed by atoms with E-state index in [1.807, 2.05) is 18.2 Å². The highest BCUT2D eigenvalue weighted by Gasteiger charge is 2.31. The van der Waals surface area contributed by atoms with Gasteiger partial charge in [0.05, 0.1) is 16.9 Å². The highest BCUT2D eigenvalue weighted by Crippen LogP contribution is 2.35. The van der Waals surface area contributed by atoms with Gasteiger partial charge in [-0.1, -0.05) is 17.7 Å². The molecule has 1 unspecified atom stereocenters. The first kappa shape index (κ1) is 10.9. The molecule has 0 fully saturated rings. The lowest BCUT2D eigenvalue weighted by Gasteiger charge is -2.36. The van der Waals surface area contributed by atoms with E-state index in [0.717, 1.165) is 23.5 Å². The van der Waals surface area contributed by atoms with Gasteiger partial charge in [-0.2, -0.15) is 0 Å². The second kappa shape index (κ2) is 3.78. The highest BCUT2D eigenvalue weighted by molar-refractivity contribution is 6.00. The van der Waals surface area contributed by atoms with Crippen LogP contribution in [-0.4, -0.2) is 11.3 Å². The molecule has 0 amide bonds. The Hall–Kier alpha value is -1.57. The Labute approximate surface area is 97.1 Å². The molecule has 1 atom stereocenters. The van der Waals surface area contributed by atoms with Crippen LogP contribution < -0.4 is 5.32 Å². The maximum atomic E-state index is 4.67. The second-order valence-corrected chi connectivity index (χ2v) is 4.81. The fourth-order valence-electron chi connectivity index (χ4n) is 2.14. The standard InChI is InChI=1S/C14H18N2/c1-10(2)9-14(4)11(3)15-12-7-5-6-8-13(12)16-14/h5-8,16H,1,9H2,2-4H3. The zero-order valence-corrected chi connectivity index (χ0v) is 10.2. The van der Waals surface area contributed by atoms with Crippen LogP contribution in [0.3, 0.4) is 0 Å². The lowest BCUT2D eigenvalue weighted by Crippen LogP contribution is -2.43. The van der Waals surface area contributed by atoms with Crippen LogP contribution in [0, 0.1) is 0 Å². The SMILES string of the molecule is C=C(C)CC1(C)Nc2ccccc2N=C1C. The third-order valence-corrected chi connectivity index (χ3v) is 3.06. The van der Waals surface area contributed by atoms with E-state index in [0.29, 0.717) is 0 Å². The Morgan fingerprint density at radius 2 is 2.12 bits per heavy atom. The summed E-state index contributed by atoms with van der Waals surface area (Å²) < 4.78 is 0. The largest absolute Gasteiger partial charge is 0.373 e. The second-order valence-electron chi connectivity index (χ2n) is 4.81. The highest BCUT2D eigenvalue weighted by atomic mass is 15.1. The lowest BCUT2D eigenvalue weighted by molar-refractivity contribution is 0.660. The number of anilines is 1. The maximum absolute atomic E-state index is 4.67. The average Bonchev–Trinajstić information content (AvgIpc) is 2.18. The number of rotatable bonds is 2. The number of aliphatic imine (C=N–C) groups is 1. The van der Waals surface area contributed by atoms with Crippen LogP contribution in [0.5, 0.6) is 0 Å².